The molecular formula is C21H24N4O. The van der Waals surface area contributed by atoms with Crippen LogP contribution in [0.25, 0.3) is 5.69 Å². The van der Waals surface area contributed by atoms with Crippen LogP contribution in [0.3, 0.4) is 0 Å². The second-order valence-electron chi connectivity index (χ2n) is 6.39. The fourth-order valence-electron chi connectivity index (χ4n) is 2.80. The average molecular weight is 348 g/mol. The van der Waals surface area contributed by atoms with Crippen molar-refractivity contribution in [2.45, 2.75) is 26.8 Å². The first-order valence-corrected chi connectivity index (χ1v) is 8.78. The summed E-state index contributed by atoms with van der Waals surface area (Å²) in [6, 6.07) is 17.8. The lowest BCUT2D eigenvalue weighted by atomic mass is 10.1. The minimum absolute atomic E-state index is 0.140. The highest BCUT2D eigenvalue weighted by atomic mass is 16.2. The number of benzene rings is 2. The fourth-order valence-corrected chi connectivity index (χ4v) is 2.80. The van der Waals surface area contributed by atoms with Crippen molar-refractivity contribution in [3.8, 4) is 5.69 Å². The highest BCUT2D eigenvalue weighted by Gasteiger charge is 2.10. The molecule has 3 rings (SSSR count). The minimum Gasteiger partial charge on any atom is -0.323 e. The minimum atomic E-state index is -0.140. The molecule has 5 nitrogen and oxygen atoms in total. The smallest absolute Gasteiger partial charge is 0.321 e. The zero-order valence-electron chi connectivity index (χ0n) is 15.4. The van der Waals surface area contributed by atoms with Gasteiger partial charge in [0.25, 0.3) is 0 Å². The van der Waals surface area contributed by atoms with Crippen LogP contribution in [-0.2, 0) is 13.0 Å². The van der Waals surface area contributed by atoms with Crippen molar-refractivity contribution in [2.24, 2.45) is 0 Å². The molecule has 0 bridgehead atoms. The number of hydrogen-bond acceptors (Lipinski definition) is 2. The summed E-state index contributed by atoms with van der Waals surface area (Å²) in [6.45, 7) is 4.69. The summed E-state index contributed by atoms with van der Waals surface area (Å²) in [6.07, 6.45) is 2.78. The summed E-state index contributed by atoms with van der Waals surface area (Å²) < 4.78 is 1.84. The molecule has 1 N–H and O–H groups in total. The quantitative estimate of drug-likeness (QED) is 0.742. The maximum absolute atomic E-state index is 12.5. The van der Waals surface area contributed by atoms with Gasteiger partial charge in [0.2, 0.25) is 0 Å². The van der Waals surface area contributed by atoms with E-state index >= 15 is 0 Å². The molecule has 0 aliphatic heterocycles. The molecule has 0 fully saturated rings. The van der Waals surface area contributed by atoms with Crippen molar-refractivity contribution in [1.82, 2.24) is 14.7 Å². The van der Waals surface area contributed by atoms with Crippen molar-refractivity contribution >= 4 is 11.7 Å². The Morgan fingerprint density at radius 1 is 1.12 bits per heavy atom. The largest absolute Gasteiger partial charge is 0.323 e. The van der Waals surface area contributed by atoms with Crippen molar-refractivity contribution in [3.05, 3.63) is 77.6 Å². The Morgan fingerprint density at radius 2 is 1.85 bits per heavy atom. The van der Waals surface area contributed by atoms with Gasteiger partial charge < -0.3 is 10.2 Å². The van der Waals surface area contributed by atoms with Gasteiger partial charge in [-0.05, 0) is 48.7 Å². The Morgan fingerprint density at radius 3 is 2.50 bits per heavy atom. The summed E-state index contributed by atoms with van der Waals surface area (Å²) in [5.41, 5.74) is 5.12. The lowest BCUT2D eigenvalue weighted by Crippen LogP contribution is -2.30. The van der Waals surface area contributed by atoms with E-state index in [4.69, 9.17) is 0 Å². The van der Waals surface area contributed by atoms with Gasteiger partial charge in [-0.15, -0.1) is 0 Å². The maximum atomic E-state index is 12.5. The molecule has 5 heteroatoms. The van der Waals surface area contributed by atoms with Gasteiger partial charge in [-0.1, -0.05) is 37.3 Å². The van der Waals surface area contributed by atoms with E-state index in [9.17, 15) is 4.79 Å². The third-order valence-electron chi connectivity index (χ3n) is 4.37. The molecule has 3 aromatic rings. The topological polar surface area (TPSA) is 50.2 Å². The molecule has 0 atom stereocenters. The monoisotopic (exact) mass is 348 g/mol. The Balaban J connectivity index is 1.66. The van der Waals surface area contributed by atoms with Crippen molar-refractivity contribution in [1.29, 1.82) is 0 Å². The van der Waals surface area contributed by atoms with Gasteiger partial charge in [-0.25, -0.2) is 9.48 Å². The van der Waals surface area contributed by atoms with Crippen LogP contribution in [-0.4, -0.2) is 27.8 Å². The Kier molecular flexibility index (Phi) is 5.37. The lowest BCUT2D eigenvalue weighted by Gasteiger charge is -2.18. The molecule has 0 aliphatic carbocycles. The summed E-state index contributed by atoms with van der Waals surface area (Å²) in [5.74, 6) is 0. The molecule has 0 saturated heterocycles. The van der Waals surface area contributed by atoms with E-state index in [-0.39, 0.29) is 6.03 Å². The molecule has 1 heterocycles. The predicted octanol–water partition coefficient (Wildman–Crippen LogP) is 4.41. The fraction of sp³-hybridized carbons (Fsp3) is 0.238. The average Bonchev–Trinajstić information content (AvgIpc) is 3.08. The van der Waals surface area contributed by atoms with Crippen LogP contribution in [0.15, 0.2) is 60.8 Å². The molecule has 0 aliphatic rings. The maximum Gasteiger partial charge on any atom is 0.321 e. The summed E-state index contributed by atoms with van der Waals surface area (Å²) in [4.78, 5) is 14.2. The Bertz CT molecular complexity index is 883. The van der Waals surface area contributed by atoms with E-state index in [1.165, 1.54) is 5.56 Å². The van der Waals surface area contributed by atoms with E-state index in [1.54, 1.807) is 18.1 Å². The number of rotatable bonds is 5. The van der Waals surface area contributed by atoms with Crippen LogP contribution in [0, 0.1) is 6.92 Å². The second kappa shape index (κ2) is 7.87. The molecule has 2 amide bonds. The van der Waals surface area contributed by atoms with E-state index in [0.29, 0.717) is 6.54 Å². The number of nitrogens with one attached hydrogen (secondary N) is 1. The number of anilines is 1. The summed E-state index contributed by atoms with van der Waals surface area (Å²) >= 11 is 0. The number of carbonyl (C=O) groups excluding carboxylic acids is 1. The van der Waals surface area contributed by atoms with E-state index in [2.05, 4.69) is 41.6 Å². The summed E-state index contributed by atoms with van der Waals surface area (Å²) in [7, 11) is 1.80. The molecule has 2 aromatic carbocycles. The van der Waals surface area contributed by atoms with Crippen LogP contribution in [0.2, 0.25) is 0 Å². The second-order valence-corrected chi connectivity index (χ2v) is 6.39. The number of nitrogens with zero attached hydrogens (tertiary/aromatic N) is 3. The first kappa shape index (κ1) is 17.7. The molecule has 0 radical (unpaired) electrons. The first-order chi connectivity index (χ1) is 12.6. The van der Waals surface area contributed by atoms with Gasteiger partial charge in [0, 0.05) is 31.2 Å². The number of carbonyl (C=O) groups is 1. The van der Waals surface area contributed by atoms with Gasteiger partial charge in [0.1, 0.15) is 0 Å². The molecule has 0 spiro atoms. The molecular weight excluding hydrogens is 324 g/mol. The van der Waals surface area contributed by atoms with Crippen molar-refractivity contribution in [2.75, 3.05) is 12.4 Å². The normalized spacial score (nSPS) is 10.6. The highest BCUT2D eigenvalue weighted by Crippen LogP contribution is 2.16. The van der Waals surface area contributed by atoms with E-state index < -0.39 is 0 Å². The van der Waals surface area contributed by atoms with E-state index in [0.717, 1.165) is 29.1 Å². The van der Waals surface area contributed by atoms with Crippen LogP contribution in [0.1, 0.15) is 23.7 Å². The Hall–Kier alpha value is -3.08. The van der Waals surface area contributed by atoms with E-state index in [1.807, 2.05) is 41.9 Å². The first-order valence-electron chi connectivity index (χ1n) is 8.78. The van der Waals surface area contributed by atoms with Gasteiger partial charge in [0.05, 0.1) is 5.69 Å². The zero-order valence-corrected chi connectivity index (χ0v) is 15.4. The SMILES string of the molecule is CCc1ccc(CN(C)C(=O)Nc2cccc(-n3nccc3C)c2)cc1. The standard InChI is InChI=1S/C21H24N4O/c1-4-17-8-10-18(11-9-17)15-24(3)21(26)23-19-6-5-7-20(14-19)25-16(2)12-13-22-25/h5-14H,4,15H2,1-3H3,(H,23,26). The van der Waals surface area contributed by atoms with Crippen molar-refractivity contribution in [3.63, 3.8) is 0 Å². The molecule has 134 valence electrons. The van der Waals surface area contributed by atoms with Crippen LogP contribution >= 0.6 is 0 Å². The van der Waals surface area contributed by atoms with Gasteiger partial charge in [-0.2, -0.15) is 5.10 Å². The van der Waals surface area contributed by atoms with Crippen LogP contribution < -0.4 is 5.32 Å². The van der Waals surface area contributed by atoms with Crippen molar-refractivity contribution < 1.29 is 4.79 Å². The highest BCUT2D eigenvalue weighted by molar-refractivity contribution is 5.89. The van der Waals surface area contributed by atoms with Crippen LogP contribution in [0.4, 0.5) is 10.5 Å². The number of aryl methyl sites for hydroxylation is 2. The third kappa shape index (κ3) is 4.11. The molecule has 26 heavy (non-hydrogen) atoms. The number of aromatic nitrogens is 2. The number of amides is 2. The molecule has 0 unspecified atom stereocenters. The molecule has 1 aromatic heterocycles. The third-order valence-corrected chi connectivity index (χ3v) is 4.37. The van der Waals surface area contributed by atoms with Gasteiger partial charge >= 0.3 is 6.03 Å². The number of urea groups is 1. The van der Waals surface area contributed by atoms with Gasteiger partial charge in [0.15, 0.2) is 0 Å². The molecule has 0 saturated carbocycles. The predicted molar refractivity (Wildman–Crippen MR) is 105 cm³/mol. The lowest BCUT2D eigenvalue weighted by molar-refractivity contribution is 0.220. The summed E-state index contributed by atoms with van der Waals surface area (Å²) in [5, 5.41) is 7.26. The van der Waals surface area contributed by atoms with Crippen LogP contribution in [0.5, 0.6) is 0 Å². The Labute approximate surface area is 154 Å². The number of hydrogen-bond donors (Lipinski definition) is 1. The van der Waals surface area contributed by atoms with Gasteiger partial charge in [-0.3, -0.25) is 0 Å². The zero-order chi connectivity index (χ0) is 18.5.